The summed E-state index contributed by atoms with van der Waals surface area (Å²) in [6.07, 6.45) is 0. The molecule has 0 unspecified atom stereocenters. The maximum absolute atomic E-state index is 5.46. The Morgan fingerprint density at radius 2 is 1.68 bits per heavy atom. The Bertz CT molecular complexity index is 642. The zero-order chi connectivity index (χ0) is 18.1. The van der Waals surface area contributed by atoms with Crippen LogP contribution in [0.4, 0.5) is 5.69 Å². The monoisotopic (exact) mass is 358 g/mol. The first-order valence-corrected chi connectivity index (χ1v) is 9.17. The summed E-state index contributed by atoms with van der Waals surface area (Å²) in [6.45, 7) is 7.40. The van der Waals surface area contributed by atoms with E-state index in [4.69, 9.17) is 17.0 Å². The van der Waals surface area contributed by atoms with Crippen molar-refractivity contribution < 1.29 is 9.64 Å². The summed E-state index contributed by atoms with van der Waals surface area (Å²) in [5, 5.41) is 7.24. The minimum Gasteiger partial charge on any atom is -0.497 e. The summed E-state index contributed by atoms with van der Waals surface area (Å²) >= 11 is 5.46. The van der Waals surface area contributed by atoms with Crippen molar-refractivity contribution in [3.8, 4) is 5.75 Å². The zero-order valence-electron chi connectivity index (χ0n) is 15.2. The van der Waals surface area contributed by atoms with E-state index in [0.717, 1.165) is 31.1 Å². The summed E-state index contributed by atoms with van der Waals surface area (Å²) in [7, 11) is 1.66. The number of hydrogen-bond acceptors (Lipinski definition) is 2. The first kappa shape index (κ1) is 19.2. The standard InChI is InChI=1S/C20H27N3OS/c1-4-23(5-2)19(16-9-7-6-8-10-16)15-21-20(25)22-17-11-13-18(24-3)14-12-17/h6-14,19H,4-5,15H2,1-3H3,(H2,21,22,25)/p+1/t19-/m0/s1. The Morgan fingerprint density at radius 1 is 1.04 bits per heavy atom. The van der Waals surface area contributed by atoms with Gasteiger partial charge in [0, 0.05) is 11.3 Å². The third-order valence-corrected chi connectivity index (χ3v) is 4.66. The molecule has 2 aromatic rings. The predicted molar refractivity (Wildman–Crippen MR) is 108 cm³/mol. The normalized spacial score (nSPS) is 11.8. The number of ether oxygens (including phenoxy) is 1. The van der Waals surface area contributed by atoms with Gasteiger partial charge < -0.3 is 20.3 Å². The van der Waals surface area contributed by atoms with Gasteiger partial charge in [-0.15, -0.1) is 0 Å². The molecule has 0 bridgehead atoms. The van der Waals surface area contributed by atoms with Gasteiger partial charge in [0.05, 0.1) is 26.7 Å². The van der Waals surface area contributed by atoms with Crippen LogP contribution in [0.25, 0.3) is 0 Å². The second-order valence-corrected chi connectivity index (χ2v) is 6.30. The smallest absolute Gasteiger partial charge is 0.171 e. The number of nitrogens with one attached hydrogen (secondary N) is 3. The van der Waals surface area contributed by atoms with Crippen molar-refractivity contribution in [2.75, 3.05) is 32.1 Å². The molecule has 0 aromatic heterocycles. The molecule has 4 nitrogen and oxygen atoms in total. The Labute approximate surface area is 156 Å². The van der Waals surface area contributed by atoms with Crippen molar-refractivity contribution >= 4 is 23.0 Å². The summed E-state index contributed by atoms with van der Waals surface area (Å²) in [4.78, 5) is 1.53. The Hall–Kier alpha value is -2.11. The third kappa shape index (κ3) is 5.73. The van der Waals surface area contributed by atoms with E-state index in [-0.39, 0.29) is 0 Å². The van der Waals surface area contributed by atoms with Gasteiger partial charge in [-0.05, 0) is 50.3 Å². The number of benzene rings is 2. The van der Waals surface area contributed by atoms with E-state index in [1.54, 1.807) is 7.11 Å². The van der Waals surface area contributed by atoms with Gasteiger partial charge in [0.15, 0.2) is 5.11 Å². The fourth-order valence-electron chi connectivity index (χ4n) is 2.97. The SMILES string of the molecule is CC[NH+](CC)[C@@H](CNC(=S)Nc1ccc(OC)cc1)c1ccccc1. The molecule has 0 saturated heterocycles. The van der Waals surface area contributed by atoms with Gasteiger partial charge in [0.1, 0.15) is 11.8 Å². The number of rotatable bonds is 8. The van der Waals surface area contributed by atoms with E-state index in [2.05, 4.69) is 54.8 Å². The predicted octanol–water partition coefficient (Wildman–Crippen LogP) is 2.65. The second-order valence-electron chi connectivity index (χ2n) is 5.89. The molecule has 0 fully saturated rings. The van der Waals surface area contributed by atoms with Gasteiger partial charge in [0.2, 0.25) is 0 Å². The molecule has 0 radical (unpaired) electrons. The van der Waals surface area contributed by atoms with Crippen molar-refractivity contribution in [3.05, 3.63) is 60.2 Å². The summed E-state index contributed by atoms with van der Waals surface area (Å²) in [5.41, 5.74) is 2.28. The first-order valence-electron chi connectivity index (χ1n) is 8.76. The van der Waals surface area contributed by atoms with E-state index < -0.39 is 0 Å². The molecule has 2 rings (SSSR count). The van der Waals surface area contributed by atoms with Crippen LogP contribution in [0, 0.1) is 0 Å². The number of methoxy groups -OCH3 is 1. The van der Waals surface area contributed by atoms with Crippen LogP contribution in [0.2, 0.25) is 0 Å². The highest BCUT2D eigenvalue weighted by Crippen LogP contribution is 2.15. The fourth-order valence-corrected chi connectivity index (χ4v) is 3.17. The van der Waals surface area contributed by atoms with Crippen LogP contribution in [0.1, 0.15) is 25.5 Å². The van der Waals surface area contributed by atoms with Gasteiger partial charge in [-0.2, -0.15) is 0 Å². The molecular weight excluding hydrogens is 330 g/mol. The van der Waals surface area contributed by atoms with E-state index >= 15 is 0 Å². The summed E-state index contributed by atoms with van der Waals surface area (Å²) in [6, 6.07) is 18.7. The van der Waals surface area contributed by atoms with Gasteiger partial charge in [-0.25, -0.2) is 0 Å². The quantitative estimate of drug-likeness (QED) is 0.634. The fraction of sp³-hybridized carbons (Fsp3) is 0.350. The Balaban J connectivity index is 1.97. The Kier molecular flexibility index (Phi) is 7.70. The molecule has 0 aliphatic rings. The van der Waals surface area contributed by atoms with Crippen LogP contribution in [0.5, 0.6) is 5.75 Å². The lowest BCUT2D eigenvalue weighted by atomic mass is 10.1. The van der Waals surface area contributed by atoms with Gasteiger partial charge >= 0.3 is 0 Å². The molecule has 0 amide bonds. The van der Waals surface area contributed by atoms with Gasteiger partial charge in [0.25, 0.3) is 0 Å². The van der Waals surface area contributed by atoms with Crippen molar-refractivity contribution in [2.45, 2.75) is 19.9 Å². The largest absolute Gasteiger partial charge is 0.497 e. The molecule has 2 aromatic carbocycles. The van der Waals surface area contributed by atoms with E-state index in [9.17, 15) is 0 Å². The number of hydrogen-bond donors (Lipinski definition) is 3. The summed E-state index contributed by atoms with van der Waals surface area (Å²) in [5.74, 6) is 0.832. The first-order chi connectivity index (χ1) is 12.2. The lowest BCUT2D eigenvalue weighted by Crippen LogP contribution is -3.12. The molecule has 0 spiro atoms. The number of quaternary nitrogens is 1. The summed E-state index contributed by atoms with van der Waals surface area (Å²) < 4.78 is 5.17. The van der Waals surface area contributed by atoms with Gasteiger partial charge in [-0.3, -0.25) is 0 Å². The third-order valence-electron chi connectivity index (χ3n) is 4.42. The maximum atomic E-state index is 5.46. The van der Waals surface area contributed by atoms with Crippen molar-refractivity contribution in [3.63, 3.8) is 0 Å². The molecule has 0 heterocycles. The lowest BCUT2D eigenvalue weighted by molar-refractivity contribution is -0.927. The van der Waals surface area contributed by atoms with Crippen molar-refractivity contribution in [1.29, 1.82) is 0 Å². The lowest BCUT2D eigenvalue weighted by Gasteiger charge is -2.27. The molecule has 3 N–H and O–H groups in total. The highest BCUT2D eigenvalue weighted by molar-refractivity contribution is 7.80. The molecule has 25 heavy (non-hydrogen) atoms. The highest BCUT2D eigenvalue weighted by Gasteiger charge is 2.21. The maximum Gasteiger partial charge on any atom is 0.171 e. The highest BCUT2D eigenvalue weighted by atomic mass is 32.1. The van der Waals surface area contributed by atoms with Crippen LogP contribution in [0.3, 0.4) is 0 Å². The number of likely N-dealkylation sites (N-methyl/N-ethyl adjacent to an activating group) is 1. The minimum atomic E-state index is 0.367. The van der Waals surface area contributed by atoms with Crippen molar-refractivity contribution in [2.24, 2.45) is 0 Å². The van der Waals surface area contributed by atoms with Crippen LogP contribution < -0.4 is 20.3 Å². The topological polar surface area (TPSA) is 37.7 Å². The van der Waals surface area contributed by atoms with E-state index in [0.29, 0.717) is 11.2 Å². The zero-order valence-corrected chi connectivity index (χ0v) is 16.0. The van der Waals surface area contributed by atoms with E-state index in [1.807, 2.05) is 24.3 Å². The van der Waals surface area contributed by atoms with E-state index in [1.165, 1.54) is 10.5 Å². The minimum absolute atomic E-state index is 0.367. The Morgan fingerprint density at radius 3 is 2.24 bits per heavy atom. The van der Waals surface area contributed by atoms with Gasteiger partial charge in [-0.1, -0.05) is 30.3 Å². The average molecular weight is 359 g/mol. The molecule has 0 aliphatic carbocycles. The molecule has 0 saturated carbocycles. The second kappa shape index (κ2) is 10.0. The van der Waals surface area contributed by atoms with Crippen LogP contribution >= 0.6 is 12.2 Å². The molecular formula is C20H28N3OS+. The number of thiocarbonyl (C=S) groups is 1. The number of anilines is 1. The average Bonchev–Trinajstić information content (AvgIpc) is 2.66. The molecule has 0 aliphatic heterocycles. The van der Waals surface area contributed by atoms with Crippen LogP contribution in [-0.2, 0) is 0 Å². The van der Waals surface area contributed by atoms with Crippen LogP contribution in [-0.4, -0.2) is 31.9 Å². The molecule has 134 valence electrons. The van der Waals surface area contributed by atoms with Crippen molar-refractivity contribution in [1.82, 2.24) is 5.32 Å². The molecule has 5 heteroatoms. The van der Waals surface area contributed by atoms with Crippen LogP contribution in [0.15, 0.2) is 54.6 Å². The molecule has 1 atom stereocenters.